The molecule has 1 unspecified atom stereocenters. The first-order valence-electron chi connectivity index (χ1n) is 6.67. The first kappa shape index (κ1) is 13.4. The van der Waals surface area contributed by atoms with E-state index in [2.05, 4.69) is 21.2 Å². The van der Waals surface area contributed by atoms with Gasteiger partial charge in [0.2, 0.25) is 0 Å². The summed E-state index contributed by atoms with van der Waals surface area (Å²) in [6.07, 6.45) is 3.15. The third-order valence-corrected chi connectivity index (χ3v) is 4.36. The molecular weight excluding hydrogens is 321 g/mol. The summed E-state index contributed by atoms with van der Waals surface area (Å²) in [5.74, 6) is 0.0275. The van der Waals surface area contributed by atoms with Crippen molar-refractivity contribution in [1.82, 2.24) is 0 Å². The largest absolute Gasteiger partial charge is 0.508 e. The van der Waals surface area contributed by atoms with Gasteiger partial charge < -0.3 is 10.4 Å². The maximum Gasteiger partial charge on any atom is 0.124 e. The van der Waals surface area contributed by atoms with Gasteiger partial charge in [-0.15, -0.1) is 0 Å². The predicted octanol–water partition coefficient (Wildman–Crippen LogP) is 4.78. The zero-order chi connectivity index (χ0) is 14.1. The second-order valence-electron chi connectivity index (χ2n) is 5.10. The molecule has 1 atom stereocenters. The number of anilines is 1. The van der Waals surface area contributed by atoms with E-state index in [1.165, 1.54) is 17.7 Å². The second-order valence-corrected chi connectivity index (χ2v) is 5.95. The van der Waals surface area contributed by atoms with Crippen LogP contribution in [-0.4, -0.2) is 5.11 Å². The van der Waals surface area contributed by atoms with Crippen molar-refractivity contribution in [3.63, 3.8) is 0 Å². The number of benzene rings is 2. The Bertz CT molecular complexity index is 644. The molecule has 0 saturated carbocycles. The van der Waals surface area contributed by atoms with Gasteiger partial charge in [0.15, 0.2) is 0 Å². The van der Waals surface area contributed by atoms with E-state index in [1.54, 1.807) is 12.1 Å². The fourth-order valence-corrected chi connectivity index (χ4v) is 3.20. The Balaban J connectivity index is 1.91. The van der Waals surface area contributed by atoms with Gasteiger partial charge in [0.25, 0.3) is 0 Å². The molecule has 1 aliphatic rings. The Kier molecular flexibility index (Phi) is 3.66. The molecule has 20 heavy (non-hydrogen) atoms. The molecule has 2 nitrogen and oxygen atoms in total. The quantitative estimate of drug-likeness (QED) is 0.827. The highest BCUT2D eigenvalue weighted by atomic mass is 79.9. The van der Waals surface area contributed by atoms with E-state index < -0.39 is 0 Å². The summed E-state index contributed by atoms with van der Waals surface area (Å²) in [5.41, 5.74) is 3.27. The van der Waals surface area contributed by atoms with Gasteiger partial charge in [-0.25, -0.2) is 4.39 Å². The SMILES string of the molecule is Oc1ccc2c(c1)C(Nc1ccc(F)cc1Br)CCC2. The lowest BCUT2D eigenvalue weighted by molar-refractivity contribution is 0.471. The highest BCUT2D eigenvalue weighted by Gasteiger charge is 2.21. The monoisotopic (exact) mass is 335 g/mol. The van der Waals surface area contributed by atoms with Crippen LogP contribution < -0.4 is 5.32 Å². The van der Waals surface area contributed by atoms with Crippen molar-refractivity contribution >= 4 is 21.6 Å². The third kappa shape index (κ3) is 2.66. The van der Waals surface area contributed by atoms with Gasteiger partial charge in [0.1, 0.15) is 11.6 Å². The molecule has 104 valence electrons. The fraction of sp³-hybridized carbons (Fsp3) is 0.250. The molecule has 1 aliphatic carbocycles. The van der Waals surface area contributed by atoms with Crippen molar-refractivity contribution in [3.05, 3.63) is 57.8 Å². The molecule has 0 aliphatic heterocycles. The number of aromatic hydroxyl groups is 1. The molecule has 0 fully saturated rings. The van der Waals surface area contributed by atoms with Gasteiger partial charge in [-0.1, -0.05) is 6.07 Å². The lowest BCUT2D eigenvalue weighted by Crippen LogP contribution is -2.17. The molecule has 0 spiro atoms. The Hall–Kier alpha value is -1.55. The minimum Gasteiger partial charge on any atom is -0.508 e. The van der Waals surface area contributed by atoms with E-state index in [4.69, 9.17) is 0 Å². The number of rotatable bonds is 2. The van der Waals surface area contributed by atoms with E-state index >= 15 is 0 Å². The summed E-state index contributed by atoms with van der Waals surface area (Å²) in [6, 6.07) is 10.3. The van der Waals surface area contributed by atoms with Crippen molar-refractivity contribution in [2.75, 3.05) is 5.32 Å². The van der Waals surface area contributed by atoms with E-state index in [0.29, 0.717) is 4.47 Å². The van der Waals surface area contributed by atoms with Crippen molar-refractivity contribution in [2.24, 2.45) is 0 Å². The van der Waals surface area contributed by atoms with Gasteiger partial charge in [0.05, 0.1) is 6.04 Å². The molecule has 0 saturated heterocycles. The minimum atomic E-state index is -0.260. The molecular formula is C16H15BrFNO. The van der Waals surface area contributed by atoms with E-state index in [-0.39, 0.29) is 17.6 Å². The molecule has 2 aromatic rings. The normalized spacial score (nSPS) is 17.6. The van der Waals surface area contributed by atoms with Crippen molar-refractivity contribution in [1.29, 1.82) is 0 Å². The lowest BCUT2D eigenvalue weighted by atomic mass is 9.87. The molecule has 2 aromatic carbocycles. The van der Waals surface area contributed by atoms with E-state index in [9.17, 15) is 9.50 Å². The van der Waals surface area contributed by atoms with Crippen LogP contribution in [0.25, 0.3) is 0 Å². The second kappa shape index (κ2) is 5.44. The Morgan fingerprint density at radius 1 is 1.20 bits per heavy atom. The third-order valence-electron chi connectivity index (χ3n) is 3.70. The lowest BCUT2D eigenvalue weighted by Gasteiger charge is -2.27. The first-order valence-corrected chi connectivity index (χ1v) is 7.46. The predicted molar refractivity (Wildman–Crippen MR) is 81.5 cm³/mol. The molecule has 0 bridgehead atoms. The zero-order valence-electron chi connectivity index (χ0n) is 10.9. The van der Waals surface area contributed by atoms with Crippen LogP contribution >= 0.6 is 15.9 Å². The molecule has 2 N–H and O–H groups in total. The summed E-state index contributed by atoms with van der Waals surface area (Å²) in [4.78, 5) is 0. The minimum absolute atomic E-state index is 0.146. The summed E-state index contributed by atoms with van der Waals surface area (Å²) in [7, 11) is 0. The molecule has 0 heterocycles. The van der Waals surface area contributed by atoms with E-state index in [1.807, 2.05) is 12.1 Å². The number of phenolic OH excluding ortho intramolecular Hbond substituents is 1. The topological polar surface area (TPSA) is 32.3 Å². The maximum absolute atomic E-state index is 13.1. The number of hydrogen-bond donors (Lipinski definition) is 2. The molecule has 0 amide bonds. The summed E-state index contributed by atoms with van der Waals surface area (Å²) in [6.45, 7) is 0. The van der Waals surface area contributed by atoms with Gasteiger partial charge in [-0.05, 0) is 76.7 Å². The number of phenols is 1. The molecule has 0 aromatic heterocycles. The van der Waals surface area contributed by atoms with Crippen LogP contribution in [-0.2, 0) is 6.42 Å². The standard InChI is InChI=1S/C16H15BrFNO/c17-14-8-11(18)5-7-16(14)19-15-3-1-2-10-4-6-12(20)9-13(10)15/h4-9,15,19-20H,1-3H2. The van der Waals surface area contributed by atoms with Crippen LogP contribution in [0, 0.1) is 5.82 Å². The Morgan fingerprint density at radius 3 is 2.85 bits per heavy atom. The zero-order valence-corrected chi connectivity index (χ0v) is 12.5. The fourth-order valence-electron chi connectivity index (χ4n) is 2.73. The van der Waals surface area contributed by atoms with Gasteiger partial charge in [0, 0.05) is 10.2 Å². The maximum atomic E-state index is 13.1. The van der Waals surface area contributed by atoms with Crippen LogP contribution in [0.2, 0.25) is 0 Å². The van der Waals surface area contributed by atoms with E-state index in [0.717, 1.165) is 30.5 Å². The average molecular weight is 336 g/mol. The summed E-state index contributed by atoms with van der Waals surface area (Å²) in [5, 5.41) is 13.1. The number of fused-ring (bicyclic) bond motifs is 1. The molecule has 4 heteroatoms. The van der Waals surface area contributed by atoms with Crippen LogP contribution in [0.4, 0.5) is 10.1 Å². The number of aryl methyl sites for hydroxylation is 1. The van der Waals surface area contributed by atoms with Crippen LogP contribution in [0.5, 0.6) is 5.75 Å². The average Bonchev–Trinajstić information content (AvgIpc) is 2.42. The molecule has 0 radical (unpaired) electrons. The Morgan fingerprint density at radius 2 is 2.05 bits per heavy atom. The van der Waals surface area contributed by atoms with Crippen LogP contribution in [0.15, 0.2) is 40.9 Å². The summed E-state index contributed by atoms with van der Waals surface area (Å²) >= 11 is 3.38. The Labute approximate surface area is 125 Å². The number of halogens is 2. The smallest absolute Gasteiger partial charge is 0.124 e. The molecule has 3 rings (SSSR count). The van der Waals surface area contributed by atoms with Gasteiger partial charge >= 0.3 is 0 Å². The van der Waals surface area contributed by atoms with Crippen molar-refractivity contribution in [3.8, 4) is 5.75 Å². The van der Waals surface area contributed by atoms with Gasteiger partial charge in [-0.2, -0.15) is 0 Å². The van der Waals surface area contributed by atoms with Crippen molar-refractivity contribution < 1.29 is 9.50 Å². The van der Waals surface area contributed by atoms with Crippen molar-refractivity contribution in [2.45, 2.75) is 25.3 Å². The van der Waals surface area contributed by atoms with Gasteiger partial charge in [-0.3, -0.25) is 0 Å². The van der Waals surface area contributed by atoms with Crippen LogP contribution in [0.1, 0.15) is 30.0 Å². The highest BCUT2D eigenvalue weighted by Crippen LogP contribution is 2.36. The first-order chi connectivity index (χ1) is 9.63. The number of nitrogens with one attached hydrogen (secondary N) is 1. The highest BCUT2D eigenvalue weighted by molar-refractivity contribution is 9.10. The van der Waals surface area contributed by atoms with Crippen LogP contribution in [0.3, 0.4) is 0 Å². The summed E-state index contributed by atoms with van der Waals surface area (Å²) < 4.78 is 13.8. The number of hydrogen-bond acceptors (Lipinski definition) is 2.